The lowest BCUT2D eigenvalue weighted by Gasteiger charge is -2.12. The molecule has 2 rings (SSSR count). The van der Waals surface area contributed by atoms with Gasteiger partial charge in [0.05, 0.1) is 6.54 Å². The molecule has 0 aliphatic rings. The highest BCUT2D eigenvalue weighted by Crippen LogP contribution is 2.12. The Morgan fingerprint density at radius 3 is 1.75 bits per heavy atom. The molecule has 0 radical (unpaired) electrons. The third kappa shape index (κ3) is 7.44. The van der Waals surface area contributed by atoms with Crippen molar-refractivity contribution in [2.24, 2.45) is 5.73 Å². The second-order valence-corrected chi connectivity index (χ2v) is 5.70. The molecule has 0 fully saturated rings. The first-order valence-corrected chi connectivity index (χ1v) is 7.79. The minimum Gasteiger partial charge on any atom is -0.324 e. The minimum atomic E-state index is -0.243. The molecule has 0 aliphatic carbocycles. The van der Waals surface area contributed by atoms with Crippen LogP contribution in [0.1, 0.15) is 44.0 Å². The van der Waals surface area contributed by atoms with Gasteiger partial charge in [0.25, 0.3) is 0 Å². The number of carbonyl (C=O) groups excluding carboxylic acids is 1. The molecule has 0 unspecified atom stereocenters. The summed E-state index contributed by atoms with van der Waals surface area (Å²) in [7, 11) is 0. The molecule has 0 saturated carbocycles. The molecule has 5 heteroatoms. The van der Waals surface area contributed by atoms with Crippen molar-refractivity contribution < 1.29 is 13.6 Å². The van der Waals surface area contributed by atoms with E-state index in [1.807, 2.05) is 13.8 Å². The van der Waals surface area contributed by atoms with E-state index in [9.17, 15) is 13.6 Å². The van der Waals surface area contributed by atoms with E-state index in [1.165, 1.54) is 31.2 Å². The van der Waals surface area contributed by atoms with Crippen LogP contribution >= 0.6 is 0 Å². The number of rotatable bonds is 5. The van der Waals surface area contributed by atoms with Crippen molar-refractivity contribution >= 4 is 5.78 Å². The van der Waals surface area contributed by atoms with Gasteiger partial charge in [-0.05, 0) is 56.2 Å². The second kappa shape index (κ2) is 9.90. The average molecular weight is 334 g/mol. The first kappa shape index (κ1) is 19.9. The van der Waals surface area contributed by atoms with Crippen LogP contribution in [0.3, 0.4) is 0 Å². The molecule has 0 bridgehead atoms. The van der Waals surface area contributed by atoms with Gasteiger partial charge in [0.15, 0.2) is 0 Å². The smallest absolute Gasteiger partial charge is 0.143 e. The number of Topliss-reactive ketones (excluding diaryl/α,β-unsaturated/α-hetero) is 1. The zero-order valence-corrected chi connectivity index (χ0v) is 14.2. The fourth-order valence-corrected chi connectivity index (χ4v) is 1.93. The molecular weight excluding hydrogens is 310 g/mol. The standard InChI is InChI=1S/C11H14FNO.C8H10FN/c1-8(14)7-13-9(2)10-3-5-11(12)6-4-10;1-6(10)7-2-4-8(9)5-3-7/h3-6,9,13H,7H2,1-2H3;2-6H,10H2,1H3/t9-;6-/m00/s1. The van der Waals surface area contributed by atoms with Gasteiger partial charge in [-0.1, -0.05) is 24.3 Å². The Labute approximate surface area is 141 Å². The third-order valence-corrected chi connectivity index (χ3v) is 3.42. The maximum absolute atomic E-state index is 12.6. The van der Waals surface area contributed by atoms with E-state index in [1.54, 1.807) is 24.3 Å². The Bertz CT molecular complexity index is 625. The van der Waals surface area contributed by atoms with Crippen molar-refractivity contribution in [3.05, 3.63) is 71.3 Å². The minimum absolute atomic E-state index is 0.0133. The van der Waals surface area contributed by atoms with Crippen LogP contribution in [-0.2, 0) is 4.79 Å². The molecule has 0 amide bonds. The lowest BCUT2D eigenvalue weighted by molar-refractivity contribution is -0.116. The molecule has 0 saturated heterocycles. The largest absolute Gasteiger partial charge is 0.324 e. The van der Waals surface area contributed by atoms with Gasteiger partial charge in [-0.25, -0.2) is 8.78 Å². The quantitative estimate of drug-likeness (QED) is 0.871. The van der Waals surface area contributed by atoms with Crippen LogP contribution in [-0.4, -0.2) is 12.3 Å². The Morgan fingerprint density at radius 1 is 0.958 bits per heavy atom. The third-order valence-electron chi connectivity index (χ3n) is 3.42. The van der Waals surface area contributed by atoms with E-state index >= 15 is 0 Å². The summed E-state index contributed by atoms with van der Waals surface area (Å²) in [6, 6.07) is 12.5. The summed E-state index contributed by atoms with van der Waals surface area (Å²) in [5.74, 6) is -0.365. The van der Waals surface area contributed by atoms with Crippen LogP contribution in [0.25, 0.3) is 0 Å². The number of hydrogen-bond acceptors (Lipinski definition) is 3. The summed E-state index contributed by atoms with van der Waals surface area (Å²) >= 11 is 0. The Balaban J connectivity index is 0.000000254. The highest BCUT2D eigenvalue weighted by Gasteiger charge is 2.05. The molecule has 0 heterocycles. The van der Waals surface area contributed by atoms with Crippen LogP contribution in [0.15, 0.2) is 48.5 Å². The van der Waals surface area contributed by atoms with Gasteiger partial charge in [0, 0.05) is 12.1 Å². The number of nitrogens with two attached hydrogens (primary N) is 1. The maximum Gasteiger partial charge on any atom is 0.143 e. The summed E-state index contributed by atoms with van der Waals surface area (Å²) in [5.41, 5.74) is 7.48. The summed E-state index contributed by atoms with van der Waals surface area (Å²) in [5, 5.41) is 3.05. The number of benzene rings is 2. The molecule has 2 atom stereocenters. The lowest BCUT2D eigenvalue weighted by atomic mass is 10.1. The van der Waals surface area contributed by atoms with E-state index in [0.29, 0.717) is 6.54 Å². The molecule has 24 heavy (non-hydrogen) atoms. The van der Waals surface area contributed by atoms with Crippen molar-refractivity contribution in [2.75, 3.05) is 6.54 Å². The fraction of sp³-hybridized carbons (Fsp3) is 0.316. The number of hydrogen-bond donors (Lipinski definition) is 2. The SMILES string of the molecule is CC(=O)CN[C@@H](C)c1ccc(F)cc1.C[C@H](N)c1ccc(F)cc1. The van der Waals surface area contributed by atoms with Gasteiger partial charge >= 0.3 is 0 Å². The van der Waals surface area contributed by atoms with Crippen LogP contribution in [0, 0.1) is 11.6 Å². The van der Waals surface area contributed by atoms with E-state index in [2.05, 4.69) is 5.32 Å². The monoisotopic (exact) mass is 334 g/mol. The zero-order valence-electron chi connectivity index (χ0n) is 14.2. The van der Waals surface area contributed by atoms with E-state index in [4.69, 9.17) is 5.73 Å². The molecule has 0 aromatic heterocycles. The highest BCUT2D eigenvalue weighted by atomic mass is 19.1. The molecule has 2 aromatic rings. The Kier molecular flexibility index (Phi) is 8.22. The summed E-state index contributed by atoms with van der Waals surface area (Å²) < 4.78 is 24.9. The van der Waals surface area contributed by atoms with Crippen LogP contribution in [0.2, 0.25) is 0 Å². The molecule has 3 nitrogen and oxygen atoms in total. The molecule has 0 spiro atoms. The topological polar surface area (TPSA) is 55.1 Å². The summed E-state index contributed by atoms with van der Waals surface area (Å²) in [4.78, 5) is 10.7. The van der Waals surface area contributed by atoms with Gasteiger partial charge in [-0.3, -0.25) is 4.79 Å². The van der Waals surface area contributed by atoms with Crippen molar-refractivity contribution in [3.63, 3.8) is 0 Å². The Hall–Kier alpha value is -2.11. The maximum atomic E-state index is 12.6. The normalized spacial score (nSPS) is 12.8. The predicted octanol–water partition coefficient (Wildman–Crippen LogP) is 3.91. The summed E-state index contributed by atoms with van der Waals surface area (Å²) in [6.07, 6.45) is 0. The Morgan fingerprint density at radius 2 is 1.38 bits per heavy atom. The van der Waals surface area contributed by atoms with Gasteiger partial charge < -0.3 is 11.1 Å². The van der Waals surface area contributed by atoms with Crippen LogP contribution in [0.5, 0.6) is 0 Å². The molecule has 2 aromatic carbocycles. The van der Waals surface area contributed by atoms with Crippen LogP contribution in [0.4, 0.5) is 8.78 Å². The fourth-order valence-electron chi connectivity index (χ4n) is 1.93. The molecule has 3 N–H and O–H groups in total. The molecular formula is C19H24F2N2O. The zero-order chi connectivity index (χ0) is 18.1. The van der Waals surface area contributed by atoms with E-state index < -0.39 is 0 Å². The van der Waals surface area contributed by atoms with Crippen LogP contribution < -0.4 is 11.1 Å². The van der Waals surface area contributed by atoms with Crippen molar-refractivity contribution in [1.29, 1.82) is 0 Å². The average Bonchev–Trinajstić information content (AvgIpc) is 2.54. The predicted molar refractivity (Wildman–Crippen MR) is 92.5 cm³/mol. The van der Waals surface area contributed by atoms with E-state index in [0.717, 1.165) is 11.1 Å². The van der Waals surface area contributed by atoms with E-state index in [-0.39, 0.29) is 29.5 Å². The molecule has 0 aliphatic heterocycles. The lowest BCUT2D eigenvalue weighted by Crippen LogP contribution is -2.24. The molecule has 130 valence electrons. The van der Waals surface area contributed by atoms with Gasteiger partial charge in [-0.15, -0.1) is 0 Å². The summed E-state index contributed by atoms with van der Waals surface area (Å²) in [6.45, 7) is 5.69. The van der Waals surface area contributed by atoms with Gasteiger partial charge in [0.2, 0.25) is 0 Å². The first-order valence-electron chi connectivity index (χ1n) is 7.79. The number of carbonyl (C=O) groups is 1. The number of nitrogens with one attached hydrogen (secondary N) is 1. The number of ketones is 1. The highest BCUT2D eigenvalue weighted by molar-refractivity contribution is 5.77. The van der Waals surface area contributed by atoms with Crippen molar-refractivity contribution in [1.82, 2.24) is 5.32 Å². The van der Waals surface area contributed by atoms with Gasteiger partial charge in [-0.2, -0.15) is 0 Å². The first-order chi connectivity index (χ1) is 11.3. The van der Waals surface area contributed by atoms with Gasteiger partial charge in [0.1, 0.15) is 17.4 Å². The number of halogens is 2. The van der Waals surface area contributed by atoms with Crippen molar-refractivity contribution in [3.8, 4) is 0 Å². The van der Waals surface area contributed by atoms with Crippen molar-refractivity contribution in [2.45, 2.75) is 32.9 Å². The second-order valence-electron chi connectivity index (χ2n) is 5.70.